The number of hydrogen-bond donors (Lipinski definition) is 1. The number of nitrogens with zero attached hydrogens (tertiary/aromatic N) is 3. The number of nitrogens with one attached hydrogen (secondary N) is 1. The van der Waals surface area contributed by atoms with Crippen molar-refractivity contribution in [1.29, 1.82) is 5.26 Å². The molecule has 1 heterocycles. The van der Waals surface area contributed by atoms with E-state index in [4.69, 9.17) is 28.5 Å². The monoisotopic (exact) mass is 278 g/mol. The zero-order valence-electron chi connectivity index (χ0n) is 9.41. The van der Waals surface area contributed by atoms with Crippen molar-refractivity contribution >= 4 is 34.7 Å². The summed E-state index contributed by atoms with van der Waals surface area (Å²) in [6.07, 6.45) is 1.36. The van der Waals surface area contributed by atoms with Crippen LogP contribution in [-0.4, -0.2) is 9.97 Å². The number of halogens is 2. The maximum atomic E-state index is 9.02. The van der Waals surface area contributed by atoms with E-state index in [0.29, 0.717) is 32.8 Å². The largest absolute Gasteiger partial charge is 0.339 e. The summed E-state index contributed by atoms with van der Waals surface area (Å²) in [7, 11) is 0. The number of nitriles is 1. The van der Waals surface area contributed by atoms with Gasteiger partial charge in [-0.25, -0.2) is 9.97 Å². The Balaban J connectivity index is 2.43. The van der Waals surface area contributed by atoms with Gasteiger partial charge in [0.25, 0.3) is 0 Å². The van der Waals surface area contributed by atoms with Crippen molar-refractivity contribution in [3.05, 3.63) is 45.8 Å². The number of benzene rings is 1. The van der Waals surface area contributed by atoms with Gasteiger partial charge in [-0.3, -0.25) is 0 Å². The summed E-state index contributed by atoms with van der Waals surface area (Å²) in [5.41, 5.74) is 1.78. The second-order valence-electron chi connectivity index (χ2n) is 3.56. The predicted molar refractivity (Wildman–Crippen MR) is 71.2 cm³/mol. The summed E-state index contributed by atoms with van der Waals surface area (Å²) in [6.45, 7) is 1.79. The Labute approximate surface area is 114 Å². The standard InChI is InChI=1S/C12H8Cl2N4/c1-7-11(14)16-6-17-12(7)18-10-4-9(13)3-2-8(10)5-15/h2-4,6H,1H3,(H,16,17,18). The molecule has 0 saturated heterocycles. The third kappa shape index (κ3) is 2.53. The van der Waals surface area contributed by atoms with Crippen molar-refractivity contribution in [2.45, 2.75) is 6.92 Å². The molecule has 0 saturated carbocycles. The van der Waals surface area contributed by atoms with Gasteiger partial charge in [-0.2, -0.15) is 5.26 Å². The molecular formula is C12H8Cl2N4. The molecule has 0 bridgehead atoms. The second-order valence-corrected chi connectivity index (χ2v) is 4.36. The fourth-order valence-electron chi connectivity index (χ4n) is 1.40. The molecule has 0 spiro atoms. The van der Waals surface area contributed by atoms with E-state index in [1.165, 1.54) is 6.33 Å². The van der Waals surface area contributed by atoms with Crippen LogP contribution >= 0.6 is 23.2 Å². The van der Waals surface area contributed by atoms with E-state index in [2.05, 4.69) is 21.4 Å². The molecule has 0 amide bonds. The molecule has 6 heteroatoms. The molecule has 0 unspecified atom stereocenters. The molecule has 0 atom stereocenters. The zero-order valence-corrected chi connectivity index (χ0v) is 10.9. The Morgan fingerprint density at radius 2 is 2.06 bits per heavy atom. The SMILES string of the molecule is Cc1c(Cl)ncnc1Nc1cc(Cl)ccc1C#N. The fraction of sp³-hybridized carbons (Fsp3) is 0.0833. The topological polar surface area (TPSA) is 61.6 Å². The Bertz CT molecular complexity index is 634. The van der Waals surface area contributed by atoms with E-state index in [0.717, 1.165) is 0 Å². The molecule has 0 radical (unpaired) electrons. The lowest BCUT2D eigenvalue weighted by Gasteiger charge is -2.10. The molecule has 2 aromatic rings. The van der Waals surface area contributed by atoms with Crippen LogP contribution in [0.4, 0.5) is 11.5 Å². The maximum absolute atomic E-state index is 9.02. The second kappa shape index (κ2) is 5.21. The van der Waals surface area contributed by atoms with Crippen LogP contribution in [0.25, 0.3) is 0 Å². The molecular weight excluding hydrogens is 271 g/mol. The van der Waals surface area contributed by atoms with Gasteiger partial charge in [0.2, 0.25) is 0 Å². The van der Waals surface area contributed by atoms with Gasteiger partial charge >= 0.3 is 0 Å². The van der Waals surface area contributed by atoms with Gasteiger partial charge in [-0.1, -0.05) is 23.2 Å². The molecule has 4 nitrogen and oxygen atoms in total. The minimum Gasteiger partial charge on any atom is -0.339 e. The minimum atomic E-state index is 0.369. The van der Waals surface area contributed by atoms with Crippen LogP contribution in [-0.2, 0) is 0 Å². The molecule has 0 aliphatic rings. The molecule has 1 aromatic carbocycles. The summed E-state index contributed by atoms with van der Waals surface area (Å²) in [5.74, 6) is 0.550. The van der Waals surface area contributed by atoms with Gasteiger partial charge in [-0.05, 0) is 25.1 Å². The Hall–Kier alpha value is -1.83. The first kappa shape index (κ1) is 12.6. The molecule has 2 rings (SSSR count). The maximum Gasteiger partial charge on any atom is 0.138 e. The molecule has 1 aromatic heterocycles. The van der Waals surface area contributed by atoms with Crippen molar-refractivity contribution in [3.8, 4) is 6.07 Å². The molecule has 18 heavy (non-hydrogen) atoms. The third-order valence-corrected chi connectivity index (χ3v) is 2.99. The van der Waals surface area contributed by atoms with E-state index < -0.39 is 0 Å². The molecule has 0 aliphatic heterocycles. The first-order valence-corrected chi connectivity index (χ1v) is 5.81. The fourth-order valence-corrected chi connectivity index (χ4v) is 1.70. The summed E-state index contributed by atoms with van der Waals surface area (Å²) in [6, 6.07) is 7.04. The summed E-state index contributed by atoms with van der Waals surface area (Å²) >= 11 is 11.8. The van der Waals surface area contributed by atoms with Crippen LogP contribution < -0.4 is 5.32 Å². The van der Waals surface area contributed by atoms with Gasteiger partial charge in [0, 0.05) is 10.6 Å². The van der Waals surface area contributed by atoms with Crippen molar-refractivity contribution in [1.82, 2.24) is 9.97 Å². The van der Waals surface area contributed by atoms with Gasteiger partial charge in [0.05, 0.1) is 11.3 Å². The Morgan fingerprint density at radius 1 is 1.28 bits per heavy atom. The molecule has 0 aliphatic carbocycles. The summed E-state index contributed by atoms with van der Waals surface area (Å²) < 4.78 is 0. The number of hydrogen-bond acceptors (Lipinski definition) is 4. The van der Waals surface area contributed by atoms with Gasteiger partial charge in [-0.15, -0.1) is 0 Å². The van der Waals surface area contributed by atoms with Crippen LogP contribution in [0.15, 0.2) is 24.5 Å². The van der Waals surface area contributed by atoms with Crippen LogP contribution in [0, 0.1) is 18.3 Å². The zero-order chi connectivity index (χ0) is 13.1. The lowest BCUT2D eigenvalue weighted by molar-refractivity contribution is 1.13. The average Bonchev–Trinajstić information content (AvgIpc) is 2.35. The molecule has 90 valence electrons. The van der Waals surface area contributed by atoms with E-state index in [9.17, 15) is 0 Å². The molecule has 0 fully saturated rings. The lowest BCUT2D eigenvalue weighted by atomic mass is 10.2. The van der Waals surface area contributed by atoms with E-state index in [1.54, 1.807) is 25.1 Å². The highest BCUT2D eigenvalue weighted by Crippen LogP contribution is 2.26. The van der Waals surface area contributed by atoms with E-state index >= 15 is 0 Å². The van der Waals surface area contributed by atoms with Crippen LogP contribution in [0.1, 0.15) is 11.1 Å². The van der Waals surface area contributed by atoms with Crippen LogP contribution in [0.3, 0.4) is 0 Å². The normalized spacial score (nSPS) is 9.89. The van der Waals surface area contributed by atoms with Gasteiger partial charge in [0.1, 0.15) is 23.4 Å². The highest BCUT2D eigenvalue weighted by molar-refractivity contribution is 6.31. The van der Waals surface area contributed by atoms with Crippen molar-refractivity contribution in [2.75, 3.05) is 5.32 Å². The third-order valence-electron chi connectivity index (χ3n) is 2.38. The Morgan fingerprint density at radius 3 is 2.78 bits per heavy atom. The lowest BCUT2D eigenvalue weighted by Crippen LogP contribution is -2.00. The van der Waals surface area contributed by atoms with Crippen molar-refractivity contribution in [3.63, 3.8) is 0 Å². The van der Waals surface area contributed by atoms with Gasteiger partial charge < -0.3 is 5.32 Å². The van der Waals surface area contributed by atoms with Crippen molar-refractivity contribution in [2.24, 2.45) is 0 Å². The van der Waals surface area contributed by atoms with Gasteiger partial charge in [0.15, 0.2) is 0 Å². The first-order chi connectivity index (χ1) is 8.61. The average molecular weight is 279 g/mol. The van der Waals surface area contributed by atoms with E-state index in [1.807, 2.05) is 0 Å². The van der Waals surface area contributed by atoms with Crippen LogP contribution in [0.2, 0.25) is 10.2 Å². The quantitative estimate of drug-likeness (QED) is 0.851. The summed E-state index contributed by atoms with van der Waals surface area (Å²) in [5, 5.41) is 13.0. The number of rotatable bonds is 2. The highest BCUT2D eigenvalue weighted by Gasteiger charge is 2.08. The van der Waals surface area contributed by atoms with Crippen molar-refractivity contribution < 1.29 is 0 Å². The smallest absolute Gasteiger partial charge is 0.138 e. The van der Waals surface area contributed by atoms with E-state index in [-0.39, 0.29) is 0 Å². The number of anilines is 2. The predicted octanol–water partition coefficient (Wildman–Crippen LogP) is 3.71. The number of aromatic nitrogens is 2. The molecule has 1 N–H and O–H groups in total. The highest BCUT2D eigenvalue weighted by atomic mass is 35.5. The first-order valence-electron chi connectivity index (χ1n) is 5.05. The summed E-state index contributed by atoms with van der Waals surface area (Å²) in [4.78, 5) is 7.94. The minimum absolute atomic E-state index is 0.369. The van der Waals surface area contributed by atoms with Crippen LogP contribution in [0.5, 0.6) is 0 Å². The Kier molecular flexibility index (Phi) is 3.66.